The summed E-state index contributed by atoms with van der Waals surface area (Å²) in [5.74, 6) is 0. The number of benzene rings is 1. The van der Waals surface area contributed by atoms with Crippen LogP contribution in [0.2, 0.25) is 5.02 Å². The molecule has 90 valence electrons. The molecule has 2 nitrogen and oxygen atoms in total. The quantitative estimate of drug-likeness (QED) is 0.631. The summed E-state index contributed by atoms with van der Waals surface area (Å²) in [6.07, 6.45) is 0. The predicted molar refractivity (Wildman–Crippen MR) is 79.7 cm³/mol. The van der Waals surface area contributed by atoms with E-state index < -0.39 is 0 Å². The summed E-state index contributed by atoms with van der Waals surface area (Å²) in [7, 11) is 0. The molecule has 0 spiro atoms. The number of imidazole rings is 1. The minimum absolute atomic E-state index is 0.628. The largest absolute Gasteiger partial charge is 0.330 e. The molecule has 1 aromatic carbocycles. The second-order valence-corrected chi connectivity index (χ2v) is 5.61. The van der Waals surface area contributed by atoms with Gasteiger partial charge in [-0.3, -0.25) is 0 Å². The van der Waals surface area contributed by atoms with Gasteiger partial charge < -0.3 is 9.97 Å². The molecule has 0 amide bonds. The molecule has 0 radical (unpaired) electrons. The summed E-state index contributed by atoms with van der Waals surface area (Å²) in [6.45, 7) is 0. The number of hydrogen-bond acceptors (Lipinski definition) is 2. The Labute approximate surface area is 118 Å². The molecule has 3 aromatic rings. The Morgan fingerprint density at radius 1 is 1.00 bits per heavy atom. The van der Waals surface area contributed by atoms with Crippen LogP contribution in [0.5, 0.6) is 0 Å². The Kier molecular flexibility index (Phi) is 3.07. The maximum atomic E-state index is 5.91. The molecule has 0 unspecified atom stereocenters. The monoisotopic (exact) mass is 292 g/mol. The summed E-state index contributed by atoms with van der Waals surface area (Å²) in [5, 5.41) is 2.77. The molecule has 0 saturated carbocycles. The van der Waals surface area contributed by atoms with E-state index in [4.69, 9.17) is 23.8 Å². The minimum atomic E-state index is 0.628. The van der Waals surface area contributed by atoms with E-state index in [2.05, 4.69) is 16.0 Å². The summed E-state index contributed by atoms with van der Waals surface area (Å²) in [5.41, 5.74) is 3.09. The maximum absolute atomic E-state index is 5.91. The van der Waals surface area contributed by atoms with Crippen LogP contribution >= 0.6 is 35.2 Å². The SMILES string of the molecule is S=c1[nH]c(-c2ccc(Cl)cc2)c(-c2cccs2)[nH]1. The van der Waals surface area contributed by atoms with Crippen LogP contribution in [0.15, 0.2) is 41.8 Å². The van der Waals surface area contributed by atoms with Crippen LogP contribution in [0.4, 0.5) is 0 Å². The third-order valence-corrected chi connectivity index (χ3v) is 3.97. The van der Waals surface area contributed by atoms with Crippen molar-refractivity contribution >= 4 is 35.2 Å². The minimum Gasteiger partial charge on any atom is -0.330 e. The van der Waals surface area contributed by atoms with Gasteiger partial charge in [0, 0.05) is 10.6 Å². The Balaban J connectivity index is 2.18. The second kappa shape index (κ2) is 4.72. The van der Waals surface area contributed by atoms with E-state index in [0.717, 1.165) is 26.9 Å². The topological polar surface area (TPSA) is 31.6 Å². The van der Waals surface area contributed by atoms with Crippen molar-refractivity contribution in [1.29, 1.82) is 0 Å². The van der Waals surface area contributed by atoms with Gasteiger partial charge in [0.05, 0.1) is 16.3 Å². The first kappa shape index (κ1) is 11.7. The van der Waals surface area contributed by atoms with Gasteiger partial charge >= 0.3 is 0 Å². The number of hydrogen-bond donors (Lipinski definition) is 2. The van der Waals surface area contributed by atoms with Gasteiger partial charge in [0.1, 0.15) is 0 Å². The molecular formula is C13H9ClN2S2. The molecule has 18 heavy (non-hydrogen) atoms. The molecule has 3 rings (SSSR count). The van der Waals surface area contributed by atoms with E-state index in [9.17, 15) is 0 Å². The molecule has 2 aromatic heterocycles. The molecule has 0 aliphatic carbocycles. The van der Waals surface area contributed by atoms with Crippen LogP contribution < -0.4 is 0 Å². The molecule has 0 atom stereocenters. The molecule has 2 heterocycles. The number of H-pyrrole nitrogens is 2. The molecule has 0 saturated heterocycles. The summed E-state index contributed by atoms with van der Waals surface area (Å²) in [6, 6.07) is 11.8. The lowest BCUT2D eigenvalue weighted by Gasteiger charge is -2.01. The third-order valence-electron chi connectivity index (χ3n) is 2.63. The fourth-order valence-electron chi connectivity index (χ4n) is 1.82. The highest BCUT2D eigenvalue weighted by atomic mass is 35.5. The molecular weight excluding hydrogens is 284 g/mol. The van der Waals surface area contributed by atoms with Gasteiger partial charge in [-0.05, 0) is 35.8 Å². The van der Waals surface area contributed by atoms with Gasteiger partial charge in [0.25, 0.3) is 0 Å². The van der Waals surface area contributed by atoms with Gasteiger partial charge in [-0.1, -0.05) is 29.8 Å². The zero-order valence-corrected chi connectivity index (χ0v) is 11.6. The van der Waals surface area contributed by atoms with Gasteiger partial charge in [-0.15, -0.1) is 11.3 Å². The number of halogens is 1. The van der Waals surface area contributed by atoms with Crippen molar-refractivity contribution in [2.75, 3.05) is 0 Å². The molecule has 0 aliphatic rings. The van der Waals surface area contributed by atoms with Crippen LogP contribution in [0.25, 0.3) is 21.8 Å². The van der Waals surface area contributed by atoms with Crippen molar-refractivity contribution in [3.63, 3.8) is 0 Å². The van der Waals surface area contributed by atoms with E-state index in [1.54, 1.807) is 11.3 Å². The third kappa shape index (κ3) is 2.14. The Morgan fingerprint density at radius 2 is 1.72 bits per heavy atom. The van der Waals surface area contributed by atoms with Crippen molar-refractivity contribution in [3.05, 3.63) is 51.6 Å². The Bertz CT molecular complexity index is 708. The van der Waals surface area contributed by atoms with Crippen molar-refractivity contribution in [3.8, 4) is 21.8 Å². The average Bonchev–Trinajstić information content (AvgIpc) is 2.98. The first-order valence-electron chi connectivity index (χ1n) is 5.36. The van der Waals surface area contributed by atoms with Gasteiger partial charge in [0.2, 0.25) is 0 Å². The maximum Gasteiger partial charge on any atom is 0.175 e. The zero-order valence-electron chi connectivity index (χ0n) is 9.24. The van der Waals surface area contributed by atoms with Crippen LogP contribution in [0.1, 0.15) is 0 Å². The lowest BCUT2D eigenvalue weighted by atomic mass is 10.1. The lowest BCUT2D eigenvalue weighted by molar-refractivity contribution is 1.27. The molecule has 0 aliphatic heterocycles. The number of rotatable bonds is 2. The summed E-state index contributed by atoms with van der Waals surface area (Å²) < 4.78 is 0.628. The smallest absolute Gasteiger partial charge is 0.175 e. The summed E-state index contributed by atoms with van der Waals surface area (Å²) in [4.78, 5) is 7.55. The van der Waals surface area contributed by atoms with E-state index in [0.29, 0.717) is 4.77 Å². The number of aromatic nitrogens is 2. The second-order valence-electron chi connectivity index (χ2n) is 3.81. The Morgan fingerprint density at radius 3 is 2.39 bits per heavy atom. The van der Waals surface area contributed by atoms with E-state index in [-0.39, 0.29) is 0 Å². The number of aromatic amines is 2. The van der Waals surface area contributed by atoms with E-state index >= 15 is 0 Å². The van der Waals surface area contributed by atoms with Crippen molar-refractivity contribution < 1.29 is 0 Å². The Hall–Kier alpha value is -1.36. The van der Waals surface area contributed by atoms with E-state index in [1.807, 2.05) is 35.7 Å². The first-order chi connectivity index (χ1) is 8.74. The standard InChI is InChI=1S/C13H9ClN2S2/c14-9-5-3-8(4-6-9)11-12(16-13(17)15-11)10-2-1-7-18-10/h1-7H,(H2,15,16,17). The fourth-order valence-corrected chi connectivity index (χ4v) is 2.88. The predicted octanol–water partition coefficient (Wildman–Crippen LogP) is 5.12. The van der Waals surface area contributed by atoms with Crippen LogP contribution in [0.3, 0.4) is 0 Å². The highest BCUT2D eigenvalue weighted by molar-refractivity contribution is 7.71. The van der Waals surface area contributed by atoms with Crippen LogP contribution in [-0.4, -0.2) is 9.97 Å². The average molecular weight is 293 g/mol. The van der Waals surface area contributed by atoms with Crippen molar-refractivity contribution in [1.82, 2.24) is 9.97 Å². The van der Waals surface area contributed by atoms with Gasteiger partial charge in [0.15, 0.2) is 4.77 Å². The van der Waals surface area contributed by atoms with E-state index in [1.165, 1.54) is 0 Å². The van der Waals surface area contributed by atoms with Crippen LogP contribution in [-0.2, 0) is 0 Å². The number of thiophene rings is 1. The van der Waals surface area contributed by atoms with Crippen LogP contribution in [0, 0.1) is 4.77 Å². The lowest BCUT2D eigenvalue weighted by Crippen LogP contribution is -1.81. The molecule has 0 fully saturated rings. The highest BCUT2D eigenvalue weighted by Gasteiger charge is 2.10. The number of nitrogens with one attached hydrogen (secondary N) is 2. The van der Waals surface area contributed by atoms with Gasteiger partial charge in [-0.2, -0.15) is 0 Å². The molecule has 0 bridgehead atoms. The first-order valence-corrected chi connectivity index (χ1v) is 7.03. The highest BCUT2D eigenvalue weighted by Crippen LogP contribution is 2.32. The fraction of sp³-hybridized carbons (Fsp3) is 0. The van der Waals surface area contributed by atoms with Gasteiger partial charge in [-0.25, -0.2) is 0 Å². The zero-order chi connectivity index (χ0) is 12.5. The van der Waals surface area contributed by atoms with Crippen molar-refractivity contribution in [2.24, 2.45) is 0 Å². The summed E-state index contributed by atoms with van der Waals surface area (Å²) >= 11 is 12.8. The van der Waals surface area contributed by atoms with Crippen molar-refractivity contribution in [2.45, 2.75) is 0 Å². The molecule has 5 heteroatoms. The normalized spacial score (nSPS) is 10.7. The molecule has 2 N–H and O–H groups in total.